The van der Waals surface area contributed by atoms with Crippen LogP contribution in [0.25, 0.3) is 0 Å². The summed E-state index contributed by atoms with van der Waals surface area (Å²) in [5, 5.41) is 7.12. The predicted molar refractivity (Wildman–Crippen MR) is 78.3 cm³/mol. The lowest BCUT2D eigenvalue weighted by atomic mass is 9.89. The molecule has 104 valence electrons. The number of carbonyl (C=O) groups is 1. The number of hydrogen-bond acceptors (Lipinski definition) is 2. The number of rotatable bonds is 3. The largest absolute Gasteiger partial charge is 0.348 e. The fourth-order valence-electron chi connectivity index (χ4n) is 2.44. The first-order chi connectivity index (χ1) is 9.01. The minimum atomic E-state index is -0.432. The van der Waals surface area contributed by atoms with Gasteiger partial charge in [-0.3, -0.25) is 4.79 Å². The molecule has 0 radical (unpaired) electrons. The van der Waals surface area contributed by atoms with Crippen molar-refractivity contribution in [3.05, 3.63) is 34.9 Å². The van der Waals surface area contributed by atoms with E-state index in [4.69, 9.17) is 11.6 Å². The highest BCUT2D eigenvalue weighted by molar-refractivity contribution is 6.30. The van der Waals surface area contributed by atoms with E-state index < -0.39 is 5.54 Å². The molecular weight excluding hydrogens is 260 g/mol. The number of hydrogen-bond donors (Lipinski definition) is 2. The molecule has 1 aromatic rings. The molecular formula is C15H21ClN2O. The van der Waals surface area contributed by atoms with E-state index in [9.17, 15) is 4.79 Å². The lowest BCUT2D eigenvalue weighted by molar-refractivity contribution is -0.128. The van der Waals surface area contributed by atoms with Crippen molar-refractivity contribution in [2.45, 2.75) is 44.7 Å². The van der Waals surface area contributed by atoms with E-state index in [-0.39, 0.29) is 11.9 Å². The van der Waals surface area contributed by atoms with Crippen LogP contribution >= 0.6 is 11.6 Å². The monoisotopic (exact) mass is 280 g/mol. The summed E-state index contributed by atoms with van der Waals surface area (Å²) in [6, 6.07) is 7.58. The number of nitrogens with one attached hydrogen (secondary N) is 2. The van der Waals surface area contributed by atoms with Gasteiger partial charge in [-0.05, 0) is 57.4 Å². The van der Waals surface area contributed by atoms with Crippen molar-refractivity contribution in [2.75, 3.05) is 6.54 Å². The van der Waals surface area contributed by atoms with E-state index in [0.717, 1.165) is 31.4 Å². The second-order valence-electron chi connectivity index (χ2n) is 5.46. The van der Waals surface area contributed by atoms with Gasteiger partial charge in [0.25, 0.3) is 0 Å². The molecule has 1 saturated heterocycles. The van der Waals surface area contributed by atoms with Gasteiger partial charge in [0.1, 0.15) is 0 Å². The van der Waals surface area contributed by atoms with Gasteiger partial charge in [-0.25, -0.2) is 0 Å². The summed E-state index contributed by atoms with van der Waals surface area (Å²) in [4.78, 5) is 12.4. The van der Waals surface area contributed by atoms with Crippen LogP contribution in [0.4, 0.5) is 0 Å². The molecule has 0 bridgehead atoms. The normalized spacial score (nSPS) is 24.8. The molecule has 0 spiro atoms. The Morgan fingerprint density at radius 2 is 2.05 bits per heavy atom. The van der Waals surface area contributed by atoms with E-state index >= 15 is 0 Å². The standard InChI is InChI=1S/C15H21ClN2O/c1-11(12-5-7-13(16)8-6-12)18-14(19)15(2)9-3-4-10-17-15/h5-8,11,17H,3-4,9-10H2,1-2H3,(H,18,19)/t11-,15?/m1/s1. The molecule has 0 saturated carbocycles. The summed E-state index contributed by atoms with van der Waals surface area (Å²) in [5.41, 5.74) is 0.635. The van der Waals surface area contributed by atoms with Crippen LogP contribution in [-0.4, -0.2) is 18.0 Å². The van der Waals surface area contributed by atoms with Gasteiger partial charge in [0.2, 0.25) is 5.91 Å². The van der Waals surface area contributed by atoms with Crippen LogP contribution in [0.1, 0.15) is 44.7 Å². The van der Waals surface area contributed by atoms with Gasteiger partial charge < -0.3 is 10.6 Å². The van der Waals surface area contributed by atoms with E-state index in [1.807, 2.05) is 38.1 Å². The molecule has 2 N–H and O–H groups in total. The molecule has 2 rings (SSSR count). The summed E-state index contributed by atoms with van der Waals surface area (Å²) in [6.45, 7) is 4.89. The van der Waals surface area contributed by atoms with Gasteiger partial charge in [-0.1, -0.05) is 23.7 Å². The first-order valence-corrected chi connectivity index (χ1v) is 7.20. The zero-order chi connectivity index (χ0) is 13.9. The average Bonchev–Trinajstić information content (AvgIpc) is 2.40. The Bertz CT molecular complexity index is 438. The number of halogens is 1. The molecule has 1 heterocycles. The van der Waals surface area contributed by atoms with Gasteiger partial charge in [-0.2, -0.15) is 0 Å². The van der Waals surface area contributed by atoms with Gasteiger partial charge in [0.15, 0.2) is 0 Å². The number of amides is 1. The van der Waals surface area contributed by atoms with Crippen LogP contribution < -0.4 is 10.6 Å². The molecule has 4 heteroatoms. The number of benzene rings is 1. The molecule has 1 fully saturated rings. The predicted octanol–water partition coefficient (Wildman–Crippen LogP) is 3.05. The maximum absolute atomic E-state index is 12.4. The summed E-state index contributed by atoms with van der Waals surface area (Å²) >= 11 is 5.87. The van der Waals surface area contributed by atoms with Crippen molar-refractivity contribution in [1.82, 2.24) is 10.6 Å². The Hall–Kier alpha value is -1.06. The highest BCUT2D eigenvalue weighted by Gasteiger charge is 2.34. The highest BCUT2D eigenvalue weighted by atomic mass is 35.5. The van der Waals surface area contributed by atoms with Gasteiger partial charge in [0, 0.05) is 5.02 Å². The molecule has 1 aromatic carbocycles. The highest BCUT2D eigenvalue weighted by Crippen LogP contribution is 2.21. The SMILES string of the molecule is C[C@@H](NC(=O)C1(C)CCCCN1)c1ccc(Cl)cc1. The van der Waals surface area contributed by atoms with Crippen LogP contribution in [0.3, 0.4) is 0 Å². The van der Waals surface area contributed by atoms with Crippen molar-refractivity contribution in [3.63, 3.8) is 0 Å². The molecule has 0 aromatic heterocycles. The topological polar surface area (TPSA) is 41.1 Å². The Kier molecular flexibility index (Phi) is 4.48. The second kappa shape index (κ2) is 5.93. The number of piperidine rings is 1. The summed E-state index contributed by atoms with van der Waals surface area (Å²) < 4.78 is 0. The molecule has 1 aliphatic heterocycles. The van der Waals surface area contributed by atoms with Crippen molar-refractivity contribution in [3.8, 4) is 0 Å². The molecule has 1 unspecified atom stereocenters. The van der Waals surface area contributed by atoms with Crippen molar-refractivity contribution < 1.29 is 4.79 Å². The third kappa shape index (κ3) is 3.48. The summed E-state index contributed by atoms with van der Waals surface area (Å²) in [5.74, 6) is 0.0784. The van der Waals surface area contributed by atoms with E-state index in [0.29, 0.717) is 5.02 Å². The van der Waals surface area contributed by atoms with Crippen molar-refractivity contribution in [1.29, 1.82) is 0 Å². The Morgan fingerprint density at radius 1 is 1.37 bits per heavy atom. The molecule has 19 heavy (non-hydrogen) atoms. The van der Waals surface area contributed by atoms with Crippen LogP contribution in [0.2, 0.25) is 5.02 Å². The van der Waals surface area contributed by atoms with E-state index in [1.54, 1.807) is 0 Å². The Morgan fingerprint density at radius 3 is 2.63 bits per heavy atom. The molecule has 1 amide bonds. The number of carbonyl (C=O) groups excluding carboxylic acids is 1. The minimum Gasteiger partial charge on any atom is -0.348 e. The smallest absolute Gasteiger partial charge is 0.240 e. The van der Waals surface area contributed by atoms with E-state index in [2.05, 4.69) is 10.6 Å². The fraction of sp³-hybridized carbons (Fsp3) is 0.533. The summed E-state index contributed by atoms with van der Waals surface area (Å²) in [6.07, 6.45) is 3.15. The first kappa shape index (κ1) is 14.4. The lowest BCUT2D eigenvalue weighted by Crippen LogP contribution is -2.57. The van der Waals surface area contributed by atoms with Gasteiger partial charge in [-0.15, -0.1) is 0 Å². The first-order valence-electron chi connectivity index (χ1n) is 6.83. The Balaban J connectivity index is 2.00. The quantitative estimate of drug-likeness (QED) is 0.893. The maximum atomic E-state index is 12.4. The lowest BCUT2D eigenvalue weighted by Gasteiger charge is -2.34. The average molecular weight is 281 g/mol. The van der Waals surface area contributed by atoms with Crippen LogP contribution in [-0.2, 0) is 4.79 Å². The Labute approximate surface area is 119 Å². The van der Waals surface area contributed by atoms with Gasteiger partial charge >= 0.3 is 0 Å². The fourth-order valence-corrected chi connectivity index (χ4v) is 2.57. The van der Waals surface area contributed by atoms with Crippen LogP contribution in [0.15, 0.2) is 24.3 Å². The zero-order valence-corrected chi connectivity index (χ0v) is 12.3. The molecule has 1 aliphatic rings. The minimum absolute atomic E-state index is 0.00896. The third-order valence-electron chi connectivity index (χ3n) is 3.84. The molecule has 2 atom stereocenters. The summed E-state index contributed by atoms with van der Waals surface area (Å²) in [7, 11) is 0. The van der Waals surface area contributed by atoms with Crippen LogP contribution in [0.5, 0.6) is 0 Å². The van der Waals surface area contributed by atoms with E-state index in [1.165, 1.54) is 0 Å². The second-order valence-corrected chi connectivity index (χ2v) is 5.90. The van der Waals surface area contributed by atoms with Crippen LogP contribution in [0, 0.1) is 0 Å². The molecule has 3 nitrogen and oxygen atoms in total. The maximum Gasteiger partial charge on any atom is 0.240 e. The molecule has 0 aliphatic carbocycles. The van der Waals surface area contributed by atoms with Gasteiger partial charge in [0.05, 0.1) is 11.6 Å². The van der Waals surface area contributed by atoms with Crippen molar-refractivity contribution >= 4 is 17.5 Å². The third-order valence-corrected chi connectivity index (χ3v) is 4.09. The van der Waals surface area contributed by atoms with Crippen molar-refractivity contribution in [2.24, 2.45) is 0 Å². The zero-order valence-electron chi connectivity index (χ0n) is 11.5.